The number of Topliss-reactive ketones (excluding diaryl/α,β-unsaturated/α-hetero) is 1. The maximum absolute atomic E-state index is 12.6. The number of ketones is 1. The van der Waals surface area contributed by atoms with Crippen LogP contribution in [-0.4, -0.2) is 73.0 Å². The molecule has 0 saturated heterocycles. The molecule has 0 spiro atoms. The van der Waals surface area contributed by atoms with Crippen LogP contribution in [0.5, 0.6) is 11.5 Å². The average molecular weight is 479 g/mol. The Morgan fingerprint density at radius 2 is 1.58 bits per heavy atom. The molecule has 0 radical (unpaired) electrons. The lowest BCUT2D eigenvalue weighted by Gasteiger charge is -2.21. The summed E-state index contributed by atoms with van der Waals surface area (Å²) >= 11 is 10.8. The third-order valence-electron chi connectivity index (χ3n) is 4.52. The lowest BCUT2D eigenvalue weighted by atomic mass is 10.2. The van der Waals surface area contributed by atoms with Gasteiger partial charge in [-0.3, -0.25) is 4.79 Å². The molecule has 0 aromatic heterocycles. The van der Waals surface area contributed by atoms with Crippen molar-refractivity contribution in [1.29, 1.82) is 0 Å². The molecule has 2 aromatic rings. The molecule has 0 amide bonds. The van der Waals surface area contributed by atoms with Crippen LogP contribution >= 0.6 is 24.4 Å². The molecule has 0 atom stereocenters. The maximum Gasteiger partial charge on any atom is 0.231 e. The highest BCUT2D eigenvalue weighted by Crippen LogP contribution is 2.32. The standard InChI is InChI=1S/C21H22N2O5S3/c1-22(20(29)15-6-4-3-5-7-15)11-17(24)12-31(25,26)13-23(2)21(30)16-8-9-18-19(10-16)28-14-27-18/h3-10H,11-14H2,1-2H3. The van der Waals surface area contributed by atoms with Crippen molar-refractivity contribution in [2.24, 2.45) is 0 Å². The van der Waals surface area contributed by atoms with Crippen molar-refractivity contribution in [3.05, 3.63) is 59.7 Å². The largest absolute Gasteiger partial charge is 0.454 e. The monoisotopic (exact) mass is 478 g/mol. The van der Waals surface area contributed by atoms with Crippen molar-refractivity contribution in [1.82, 2.24) is 9.80 Å². The van der Waals surface area contributed by atoms with Gasteiger partial charge in [-0.05, 0) is 18.2 Å². The van der Waals surface area contributed by atoms with Crippen molar-refractivity contribution in [2.45, 2.75) is 0 Å². The normalized spacial score (nSPS) is 12.3. The van der Waals surface area contributed by atoms with Gasteiger partial charge in [-0.2, -0.15) is 0 Å². The molecule has 0 aliphatic carbocycles. The molecule has 0 bridgehead atoms. The van der Waals surface area contributed by atoms with E-state index in [0.717, 1.165) is 5.56 Å². The van der Waals surface area contributed by atoms with E-state index in [2.05, 4.69) is 0 Å². The Hall–Kier alpha value is -2.56. The summed E-state index contributed by atoms with van der Waals surface area (Å²) in [6.45, 7) is 0.0450. The molecule has 164 valence electrons. The van der Waals surface area contributed by atoms with Gasteiger partial charge in [0.05, 0.1) is 6.54 Å². The minimum absolute atomic E-state index is 0.0940. The van der Waals surface area contributed by atoms with E-state index in [0.29, 0.717) is 27.0 Å². The molecule has 10 heteroatoms. The van der Waals surface area contributed by atoms with Crippen LogP contribution in [0, 0.1) is 0 Å². The number of carbonyl (C=O) groups excluding carboxylic acids is 1. The van der Waals surface area contributed by atoms with E-state index in [4.69, 9.17) is 33.9 Å². The first-order valence-corrected chi connectivity index (χ1v) is 12.0. The molecule has 1 aliphatic rings. The van der Waals surface area contributed by atoms with Gasteiger partial charge in [-0.15, -0.1) is 0 Å². The zero-order valence-electron chi connectivity index (χ0n) is 17.1. The van der Waals surface area contributed by atoms with Crippen LogP contribution in [0.15, 0.2) is 48.5 Å². The van der Waals surface area contributed by atoms with Crippen LogP contribution in [0.4, 0.5) is 0 Å². The van der Waals surface area contributed by atoms with Gasteiger partial charge in [0.2, 0.25) is 6.79 Å². The minimum Gasteiger partial charge on any atom is -0.454 e. The minimum atomic E-state index is -3.72. The second kappa shape index (κ2) is 9.71. The number of hydrogen-bond acceptors (Lipinski definition) is 7. The summed E-state index contributed by atoms with van der Waals surface area (Å²) in [6.07, 6.45) is 0. The molecule has 1 heterocycles. The fraction of sp³-hybridized carbons (Fsp3) is 0.286. The molecule has 7 nitrogen and oxygen atoms in total. The number of rotatable bonds is 8. The zero-order valence-corrected chi connectivity index (χ0v) is 19.6. The molecule has 31 heavy (non-hydrogen) atoms. The Morgan fingerprint density at radius 3 is 2.29 bits per heavy atom. The Morgan fingerprint density at radius 1 is 0.935 bits per heavy atom. The second-order valence-corrected chi connectivity index (χ2v) is 9.96. The van der Waals surface area contributed by atoms with Gasteiger partial charge in [0.15, 0.2) is 27.1 Å². The average Bonchev–Trinajstić information content (AvgIpc) is 3.20. The first-order chi connectivity index (χ1) is 14.7. The highest BCUT2D eigenvalue weighted by molar-refractivity contribution is 7.92. The van der Waals surface area contributed by atoms with Crippen molar-refractivity contribution in [3.63, 3.8) is 0 Å². The second-order valence-electron chi connectivity index (χ2n) is 7.15. The van der Waals surface area contributed by atoms with Gasteiger partial charge in [0.1, 0.15) is 21.6 Å². The number of fused-ring (bicyclic) bond motifs is 1. The number of sulfone groups is 1. The van der Waals surface area contributed by atoms with Crippen LogP contribution in [-0.2, 0) is 14.6 Å². The number of ether oxygens (including phenoxy) is 2. The van der Waals surface area contributed by atoms with Crippen LogP contribution in [0.2, 0.25) is 0 Å². The summed E-state index contributed by atoms with van der Waals surface area (Å²) in [7, 11) is -0.475. The van der Waals surface area contributed by atoms with Crippen molar-refractivity contribution in [2.75, 3.05) is 39.1 Å². The van der Waals surface area contributed by atoms with E-state index >= 15 is 0 Å². The topological polar surface area (TPSA) is 76.2 Å². The number of benzene rings is 2. The van der Waals surface area contributed by atoms with Crippen LogP contribution < -0.4 is 9.47 Å². The van der Waals surface area contributed by atoms with Gasteiger partial charge < -0.3 is 19.3 Å². The third kappa shape index (κ3) is 5.99. The lowest BCUT2D eigenvalue weighted by molar-refractivity contribution is -0.116. The summed E-state index contributed by atoms with van der Waals surface area (Å²) in [5.41, 5.74) is 1.43. The Balaban J connectivity index is 1.56. The van der Waals surface area contributed by atoms with E-state index in [1.54, 1.807) is 37.2 Å². The van der Waals surface area contributed by atoms with Crippen molar-refractivity contribution >= 4 is 50.0 Å². The number of carbonyl (C=O) groups is 1. The van der Waals surface area contributed by atoms with E-state index in [1.807, 2.05) is 30.3 Å². The van der Waals surface area contributed by atoms with Crippen molar-refractivity contribution in [3.8, 4) is 11.5 Å². The highest BCUT2D eigenvalue weighted by atomic mass is 32.2. The zero-order chi connectivity index (χ0) is 22.6. The number of likely N-dealkylation sites (N-methyl/N-ethyl adjacent to an activating group) is 1. The molecule has 3 rings (SSSR count). The molecule has 2 aromatic carbocycles. The summed E-state index contributed by atoms with van der Waals surface area (Å²) in [4.78, 5) is 16.2. The fourth-order valence-corrected chi connectivity index (χ4v) is 4.94. The van der Waals surface area contributed by atoms with Gasteiger partial charge in [0.25, 0.3) is 0 Å². The summed E-state index contributed by atoms with van der Waals surface area (Å²) in [5.74, 6) is -0.237. The van der Waals surface area contributed by atoms with E-state index in [-0.39, 0.29) is 19.2 Å². The number of thiocarbonyl (C=S) groups is 2. The molecular weight excluding hydrogens is 456 g/mol. The predicted molar refractivity (Wildman–Crippen MR) is 126 cm³/mol. The highest BCUT2D eigenvalue weighted by Gasteiger charge is 2.23. The van der Waals surface area contributed by atoms with Gasteiger partial charge in [0, 0.05) is 25.2 Å². The van der Waals surface area contributed by atoms with Gasteiger partial charge in [-0.25, -0.2) is 8.42 Å². The van der Waals surface area contributed by atoms with E-state index in [9.17, 15) is 13.2 Å². The van der Waals surface area contributed by atoms with Gasteiger partial charge >= 0.3 is 0 Å². The van der Waals surface area contributed by atoms with Crippen molar-refractivity contribution < 1.29 is 22.7 Å². The lowest BCUT2D eigenvalue weighted by Crippen LogP contribution is -2.37. The summed E-state index contributed by atoms with van der Waals surface area (Å²) in [6, 6.07) is 14.4. The molecule has 0 unspecified atom stereocenters. The Labute approximate surface area is 192 Å². The first kappa shape index (κ1) is 23.1. The number of nitrogens with zero attached hydrogens (tertiary/aromatic N) is 2. The van der Waals surface area contributed by atoms with E-state index < -0.39 is 21.4 Å². The Bertz CT molecular complexity index is 1100. The molecule has 0 fully saturated rings. The molecular formula is C21H22N2O5S3. The summed E-state index contributed by atoms with van der Waals surface area (Å²) in [5, 5.41) is 0. The fourth-order valence-electron chi connectivity index (χ4n) is 3.08. The van der Waals surface area contributed by atoms with Crippen LogP contribution in [0.25, 0.3) is 0 Å². The van der Waals surface area contributed by atoms with Gasteiger partial charge in [-0.1, -0.05) is 54.8 Å². The maximum atomic E-state index is 12.6. The summed E-state index contributed by atoms with van der Waals surface area (Å²) < 4.78 is 35.8. The first-order valence-electron chi connectivity index (χ1n) is 9.34. The smallest absolute Gasteiger partial charge is 0.231 e. The van der Waals surface area contributed by atoms with E-state index in [1.165, 1.54) is 4.90 Å². The molecule has 1 aliphatic heterocycles. The predicted octanol–water partition coefficient (Wildman–Crippen LogP) is 2.27. The molecule has 0 saturated carbocycles. The third-order valence-corrected chi connectivity index (χ3v) is 7.16. The quantitative estimate of drug-likeness (QED) is 0.531. The van der Waals surface area contributed by atoms with Crippen LogP contribution in [0.3, 0.4) is 0 Å². The van der Waals surface area contributed by atoms with Crippen LogP contribution in [0.1, 0.15) is 11.1 Å². The Kier molecular flexibility index (Phi) is 7.24. The molecule has 0 N–H and O–H groups in total. The SMILES string of the molecule is CN(CC(=O)CS(=O)(=O)CN(C)C(=S)c1ccc2c(c1)OCO2)C(=S)c1ccccc1. The number of hydrogen-bond donors (Lipinski definition) is 0.